The van der Waals surface area contributed by atoms with Crippen molar-refractivity contribution in [3.8, 4) is 5.75 Å². The maximum atomic E-state index is 11.8. The normalized spacial score (nSPS) is 11.4. The number of aromatic nitrogens is 2. The van der Waals surface area contributed by atoms with E-state index in [0.29, 0.717) is 17.7 Å². The lowest BCUT2D eigenvalue weighted by atomic mass is 9.90. The van der Waals surface area contributed by atoms with Gasteiger partial charge in [0.05, 0.1) is 0 Å². The first-order valence-corrected chi connectivity index (χ1v) is 7.46. The quantitative estimate of drug-likeness (QED) is 0.811. The molecular formula is C17H22N2O3. The summed E-state index contributed by atoms with van der Waals surface area (Å²) in [5, 5.41) is 10.4. The van der Waals surface area contributed by atoms with Crippen LogP contribution in [0.5, 0.6) is 5.75 Å². The summed E-state index contributed by atoms with van der Waals surface area (Å²) < 4.78 is 0. The zero-order valence-corrected chi connectivity index (χ0v) is 13.4. The van der Waals surface area contributed by atoms with Gasteiger partial charge in [0.25, 0.3) is 5.56 Å². The third kappa shape index (κ3) is 3.30. The molecule has 0 unspecified atom stereocenters. The van der Waals surface area contributed by atoms with E-state index < -0.39 is 5.69 Å². The summed E-state index contributed by atoms with van der Waals surface area (Å²) in [7, 11) is 0. The Balaban J connectivity index is 2.51. The van der Waals surface area contributed by atoms with Gasteiger partial charge in [-0.25, -0.2) is 4.79 Å². The van der Waals surface area contributed by atoms with E-state index in [0.717, 1.165) is 16.7 Å². The molecule has 0 aliphatic rings. The number of phenolic OH excluding ortho intramolecular Hbond substituents is 1. The number of hydrogen-bond donors (Lipinski definition) is 3. The molecule has 0 bridgehead atoms. The van der Waals surface area contributed by atoms with E-state index in [-0.39, 0.29) is 17.4 Å². The fourth-order valence-corrected chi connectivity index (χ4v) is 2.52. The van der Waals surface area contributed by atoms with Crippen LogP contribution < -0.4 is 11.2 Å². The summed E-state index contributed by atoms with van der Waals surface area (Å²) in [5.74, 6) is 0.710. The average Bonchev–Trinajstić information content (AvgIpc) is 2.42. The molecule has 3 N–H and O–H groups in total. The minimum atomic E-state index is -0.509. The van der Waals surface area contributed by atoms with E-state index in [2.05, 4.69) is 9.97 Å². The molecule has 0 atom stereocenters. The first-order valence-electron chi connectivity index (χ1n) is 7.46. The monoisotopic (exact) mass is 302 g/mol. The van der Waals surface area contributed by atoms with Crippen LogP contribution in [0.2, 0.25) is 0 Å². The van der Waals surface area contributed by atoms with E-state index >= 15 is 0 Å². The summed E-state index contributed by atoms with van der Waals surface area (Å²) in [6.45, 7) is 8.09. The zero-order valence-electron chi connectivity index (χ0n) is 13.4. The lowest BCUT2D eigenvalue weighted by molar-refractivity contribution is 0.454. The third-order valence-corrected chi connectivity index (χ3v) is 3.76. The van der Waals surface area contributed by atoms with E-state index in [9.17, 15) is 14.7 Å². The smallest absolute Gasteiger partial charge is 0.325 e. The van der Waals surface area contributed by atoms with Crippen molar-refractivity contribution in [3.05, 3.63) is 61.4 Å². The highest BCUT2D eigenvalue weighted by atomic mass is 16.3. The molecule has 118 valence electrons. The first kappa shape index (κ1) is 16.1. The maximum absolute atomic E-state index is 11.8. The van der Waals surface area contributed by atoms with Gasteiger partial charge in [-0.1, -0.05) is 39.8 Å². The van der Waals surface area contributed by atoms with Gasteiger partial charge < -0.3 is 10.1 Å². The molecule has 22 heavy (non-hydrogen) atoms. The largest absolute Gasteiger partial charge is 0.507 e. The minimum Gasteiger partial charge on any atom is -0.507 e. The number of H-pyrrole nitrogens is 2. The molecule has 5 heteroatoms. The fraction of sp³-hybridized carbons (Fsp3) is 0.412. The Bertz CT molecular complexity index is 756. The Morgan fingerprint density at radius 3 is 2.05 bits per heavy atom. The molecular weight excluding hydrogens is 280 g/mol. The lowest BCUT2D eigenvalue weighted by Crippen LogP contribution is -2.24. The molecule has 0 saturated carbocycles. The van der Waals surface area contributed by atoms with Crippen molar-refractivity contribution in [2.45, 2.75) is 46.0 Å². The van der Waals surface area contributed by atoms with Crippen molar-refractivity contribution >= 4 is 0 Å². The maximum Gasteiger partial charge on any atom is 0.325 e. The molecule has 0 aliphatic heterocycles. The first-order chi connectivity index (χ1) is 10.3. The number of aromatic hydroxyl groups is 1. The summed E-state index contributed by atoms with van der Waals surface area (Å²) in [5.41, 5.74) is 2.31. The Labute approximate surface area is 129 Å². The molecule has 0 fully saturated rings. The molecule has 1 aromatic carbocycles. The van der Waals surface area contributed by atoms with Gasteiger partial charge in [-0.05, 0) is 28.5 Å². The van der Waals surface area contributed by atoms with Crippen LogP contribution in [0.1, 0.15) is 61.8 Å². The number of rotatable bonds is 4. The Kier molecular flexibility index (Phi) is 4.54. The predicted molar refractivity (Wildman–Crippen MR) is 86.8 cm³/mol. The predicted octanol–water partition coefficient (Wildman–Crippen LogP) is 2.61. The summed E-state index contributed by atoms with van der Waals surface area (Å²) in [6, 6.07) is 3.85. The van der Waals surface area contributed by atoms with Crippen LogP contribution in [0.25, 0.3) is 0 Å². The fourth-order valence-electron chi connectivity index (χ4n) is 2.52. The van der Waals surface area contributed by atoms with Gasteiger partial charge in [0.15, 0.2) is 0 Å². The molecule has 0 spiro atoms. The molecule has 0 amide bonds. The van der Waals surface area contributed by atoms with Gasteiger partial charge in [0.2, 0.25) is 0 Å². The number of nitrogens with one attached hydrogen (secondary N) is 2. The van der Waals surface area contributed by atoms with Crippen molar-refractivity contribution in [3.63, 3.8) is 0 Å². The van der Waals surface area contributed by atoms with Crippen molar-refractivity contribution < 1.29 is 5.11 Å². The topological polar surface area (TPSA) is 86.0 Å². The minimum absolute atomic E-state index is 0.186. The highest BCUT2D eigenvalue weighted by Gasteiger charge is 2.15. The number of aromatic amines is 2. The standard InChI is InChI=1S/C17H22N2O3/c1-9(2)13-6-11(7-14(10(3)4)15(13)20)5-12-8-18-17(22)19-16(12)21/h6-10,20H,5H2,1-4H3,(H2,18,19,21,22). The Morgan fingerprint density at radius 2 is 1.59 bits per heavy atom. The van der Waals surface area contributed by atoms with Crippen LogP contribution in [0.3, 0.4) is 0 Å². The van der Waals surface area contributed by atoms with Gasteiger partial charge in [-0.2, -0.15) is 0 Å². The summed E-state index contributed by atoms with van der Waals surface area (Å²) >= 11 is 0. The van der Waals surface area contributed by atoms with Crippen molar-refractivity contribution in [1.29, 1.82) is 0 Å². The molecule has 2 rings (SSSR count). The molecule has 0 aliphatic carbocycles. The molecule has 2 aromatic rings. The van der Waals surface area contributed by atoms with Crippen LogP contribution in [0, 0.1) is 0 Å². The van der Waals surface area contributed by atoms with Crippen LogP contribution in [-0.2, 0) is 6.42 Å². The van der Waals surface area contributed by atoms with E-state index in [1.807, 2.05) is 39.8 Å². The average molecular weight is 302 g/mol. The van der Waals surface area contributed by atoms with E-state index in [1.165, 1.54) is 6.20 Å². The molecule has 1 heterocycles. The van der Waals surface area contributed by atoms with Gasteiger partial charge in [-0.3, -0.25) is 9.78 Å². The van der Waals surface area contributed by atoms with Gasteiger partial charge >= 0.3 is 5.69 Å². The SMILES string of the molecule is CC(C)c1cc(Cc2c[nH]c(=O)[nH]c2=O)cc(C(C)C)c1O. The lowest BCUT2D eigenvalue weighted by Gasteiger charge is -2.17. The zero-order chi connectivity index (χ0) is 16.4. The molecule has 5 nitrogen and oxygen atoms in total. The number of hydrogen-bond acceptors (Lipinski definition) is 3. The van der Waals surface area contributed by atoms with Crippen LogP contribution in [-0.4, -0.2) is 15.1 Å². The Morgan fingerprint density at radius 1 is 1.05 bits per heavy atom. The van der Waals surface area contributed by atoms with E-state index in [1.54, 1.807) is 0 Å². The molecule has 0 saturated heterocycles. The summed E-state index contributed by atoms with van der Waals surface area (Å²) in [6.07, 6.45) is 1.85. The van der Waals surface area contributed by atoms with Crippen molar-refractivity contribution in [1.82, 2.24) is 9.97 Å². The number of benzene rings is 1. The summed E-state index contributed by atoms with van der Waals surface area (Å²) in [4.78, 5) is 27.6. The second-order valence-corrected chi connectivity index (χ2v) is 6.21. The molecule has 0 radical (unpaired) electrons. The number of phenols is 1. The molecule has 1 aromatic heterocycles. The van der Waals surface area contributed by atoms with E-state index in [4.69, 9.17) is 0 Å². The highest BCUT2D eigenvalue weighted by Crippen LogP contribution is 2.35. The van der Waals surface area contributed by atoms with Gasteiger partial charge in [-0.15, -0.1) is 0 Å². The second-order valence-electron chi connectivity index (χ2n) is 6.21. The third-order valence-electron chi connectivity index (χ3n) is 3.76. The second kappa shape index (κ2) is 6.22. The van der Waals surface area contributed by atoms with Crippen LogP contribution in [0.4, 0.5) is 0 Å². The van der Waals surface area contributed by atoms with Gasteiger partial charge in [0, 0.05) is 18.2 Å². The van der Waals surface area contributed by atoms with Crippen LogP contribution in [0.15, 0.2) is 27.9 Å². The highest BCUT2D eigenvalue weighted by molar-refractivity contribution is 5.47. The van der Waals surface area contributed by atoms with Crippen molar-refractivity contribution in [2.75, 3.05) is 0 Å². The van der Waals surface area contributed by atoms with Crippen LogP contribution >= 0.6 is 0 Å². The Hall–Kier alpha value is -2.30. The van der Waals surface area contributed by atoms with Gasteiger partial charge in [0.1, 0.15) is 5.75 Å². The van der Waals surface area contributed by atoms with Crippen molar-refractivity contribution in [2.24, 2.45) is 0 Å².